The van der Waals surface area contributed by atoms with Gasteiger partial charge in [-0.05, 0) is 38.1 Å². The molecule has 0 saturated carbocycles. The first kappa shape index (κ1) is 13.2. The van der Waals surface area contributed by atoms with Gasteiger partial charge in [-0.25, -0.2) is 0 Å². The van der Waals surface area contributed by atoms with Crippen molar-refractivity contribution in [2.45, 2.75) is 26.0 Å². The van der Waals surface area contributed by atoms with E-state index in [4.69, 9.17) is 10.5 Å². The smallest absolute Gasteiger partial charge is 0.0716 e. The van der Waals surface area contributed by atoms with Gasteiger partial charge in [0, 0.05) is 12.6 Å². The number of nitrogens with one attached hydrogen (secondary N) is 1. The SMILES string of the molecule is CNCCCOCc1cccc(C(C)N)c1. The standard InChI is InChI=1S/C13H22N2O/c1-11(14)13-6-3-5-12(9-13)10-16-8-4-7-15-2/h3,5-6,9,11,15H,4,7-8,10,14H2,1-2H3. The van der Waals surface area contributed by atoms with Crippen LogP contribution in [0.25, 0.3) is 0 Å². The first-order valence-electron chi connectivity index (χ1n) is 5.81. The van der Waals surface area contributed by atoms with E-state index in [1.165, 1.54) is 5.56 Å². The molecule has 0 amide bonds. The lowest BCUT2D eigenvalue weighted by atomic mass is 10.1. The molecule has 3 heteroatoms. The van der Waals surface area contributed by atoms with Crippen molar-refractivity contribution < 1.29 is 4.74 Å². The quantitative estimate of drug-likeness (QED) is 0.692. The number of hydrogen-bond acceptors (Lipinski definition) is 3. The van der Waals surface area contributed by atoms with Crippen LogP contribution in [0.2, 0.25) is 0 Å². The zero-order valence-corrected chi connectivity index (χ0v) is 10.2. The summed E-state index contributed by atoms with van der Waals surface area (Å²) < 4.78 is 5.58. The molecule has 1 unspecified atom stereocenters. The van der Waals surface area contributed by atoms with E-state index in [0.717, 1.165) is 25.1 Å². The summed E-state index contributed by atoms with van der Waals surface area (Å²) in [6.07, 6.45) is 1.05. The van der Waals surface area contributed by atoms with Crippen molar-refractivity contribution in [3.8, 4) is 0 Å². The lowest BCUT2D eigenvalue weighted by Gasteiger charge is -2.08. The highest BCUT2D eigenvalue weighted by Crippen LogP contribution is 2.12. The van der Waals surface area contributed by atoms with Gasteiger partial charge in [-0.15, -0.1) is 0 Å². The van der Waals surface area contributed by atoms with Crippen molar-refractivity contribution in [3.05, 3.63) is 35.4 Å². The molecule has 0 spiro atoms. The molecule has 0 saturated heterocycles. The summed E-state index contributed by atoms with van der Waals surface area (Å²) in [4.78, 5) is 0. The molecule has 0 heterocycles. The highest BCUT2D eigenvalue weighted by atomic mass is 16.5. The maximum absolute atomic E-state index is 5.83. The minimum atomic E-state index is 0.0873. The summed E-state index contributed by atoms with van der Waals surface area (Å²) in [5, 5.41) is 3.09. The summed E-state index contributed by atoms with van der Waals surface area (Å²) in [5.41, 5.74) is 8.18. The molecule has 0 bridgehead atoms. The summed E-state index contributed by atoms with van der Waals surface area (Å²) in [6.45, 7) is 4.46. The van der Waals surface area contributed by atoms with Gasteiger partial charge in [-0.3, -0.25) is 0 Å². The van der Waals surface area contributed by atoms with Crippen LogP contribution in [0.4, 0.5) is 0 Å². The van der Waals surface area contributed by atoms with Crippen LogP contribution in [0, 0.1) is 0 Å². The van der Waals surface area contributed by atoms with Crippen LogP contribution >= 0.6 is 0 Å². The molecule has 0 aromatic heterocycles. The van der Waals surface area contributed by atoms with Gasteiger partial charge in [-0.1, -0.05) is 24.3 Å². The van der Waals surface area contributed by atoms with E-state index in [1.807, 2.05) is 20.0 Å². The Morgan fingerprint density at radius 2 is 2.25 bits per heavy atom. The molecule has 3 nitrogen and oxygen atoms in total. The first-order valence-corrected chi connectivity index (χ1v) is 5.81. The van der Waals surface area contributed by atoms with Gasteiger partial charge in [0.25, 0.3) is 0 Å². The van der Waals surface area contributed by atoms with Gasteiger partial charge in [-0.2, -0.15) is 0 Å². The Hall–Kier alpha value is -0.900. The van der Waals surface area contributed by atoms with Crippen molar-refractivity contribution in [1.29, 1.82) is 0 Å². The highest BCUT2D eigenvalue weighted by molar-refractivity contribution is 5.24. The topological polar surface area (TPSA) is 47.3 Å². The summed E-state index contributed by atoms with van der Waals surface area (Å²) >= 11 is 0. The molecule has 0 aliphatic rings. The second kappa shape index (κ2) is 7.39. The van der Waals surface area contributed by atoms with Crippen LogP contribution in [0.1, 0.15) is 30.5 Å². The highest BCUT2D eigenvalue weighted by Gasteiger charge is 2.00. The Bertz CT molecular complexity index is 300. The van der Waals surface area contributed by atoms with E-state index < -0.39 is 0 Å². The summed E-state index contributed by atoms with van der Waals surface area (Å²) in [5.74, 6) is 0. The fourth-order valence-electron chi connectivity index (χ4n) is 1.51. The Kier molecular flexibility index (Phi) is 6.08. The normalized spacial score (nSPS) is 12.7. The van der Waals surface area contributed by atoms with Crippen molar-refractivity contribution in [2.75, 3.05) is 20.2 Å². The minimum absolute atomic E-state index is 0.0873. The van der Waals surface area contributed by atoms with Crippen molar-refractivity contribution in [2.24, 2.45) is 5.73 Å². The molecule has 16 heavy (non-hydrogen) atoms. The molecule has 0 radical (unpaired) electrons. The molecular weight excluding hydrogens is 200 g/mol. The van der Waals surface area contributed by atoms with E-state index in [9.17, 15) is 0 Å². The van der Waals surface area contributed by atoms with Gasteiger partial charge in [0.1, 0.15) is 0 Å². The maximum Gasteiger partial charge on any atom is 0.0716 e. The van der Waals surface area contributed by atoms with E-state index in [0.29, 0.717) is 6.61 Å². The lowest BCUT2D eigenvalue weighted by molar-refractivity contribution is 0.119. The van der Waals surface area contributed by atoms with Gasteiger partial charge in [0.15, 0.2) is 0 Å². The van der Waals surface area contributed by atoms with Crippen LogP contribution in [-0.4, -0.2) is 20.2 Å². The van der Waals surface area contributed by atoms with Gasteiger partial charge in [0.2, 0.25) is 0 Å². The van der Waals surface area contributed by atoms with Crippen molar-refractivity contribution >= 4 is 0 Å². The molecule has 0 fully saturated rings. The average Bonchev–Trinajstić information content (AvgIpc) is 2.29. The molecule has 0 aliphatic carbocycles. The Balaban J connectivity index is 2.33. The summed E-state index contributed by atoms with van der Waals surface area (Å²) in [6, 6.07) is 8.36. The third-order valence-electron chi connectivity index (χ3n) is 2.46. The van der Waals surface area contributed by atoms with E-state index in [1.54, 1.807) is 0 Å². The molecule has 1 atom stereocenters. The van der Waals surface area contributed by atoms with E-state index >= 15 is 0 Å². The minimum Gasteiger partial charge on any atom is -0.377 e. The number of rotatable bonds is 7. The van der Waals surface area contributed by atoms with Crippen LogP contribution < -0.4 is 11.1 Å². The molecule has 1 aromatic carbocycles. The Morgan fingerprint density at radius 3 is 2.94 bits per heavy atom. The third kappa shape index (κ3) is 4.75. The van der Waals surface area contributed by atoms with E-state index in [2.05, 4.69) is 23.5 Å². The lowest BCUT2D eigenvalue weighted by Crippen LogP contribution is -2.10. The molecule has 90 valence electrons. The zero-order chi connectivity index (χ0) is 11.8. The average molecular weight is 222 g/mol. The fourth-order valence-corrected chi connectivity index (χ4v) is 1.51. The van der Waals surface area contributed by atoms with Crippen LogP contribution in [0.15, 0.2) is 24.3 Å². The largest absolute Gasteiger partial charge is 0.377 e. The van der Waals surface area contributed by atoms with Crippen LogP contribution in [-0.2, 0) is 11.3 Å². The van der Waals surface area contributed by atoms with Crippen molar-refractivity contribution in [1.82, 2.24) is 5.32 Å². The van der Waals surface area contributed by atoms with Gasteiger partial charge < -0.3 is 15.8 Å². The Labute approximate surface area is 98.0 Å². The molecule has 0 aliphatic heterocycles. The predicted molar refractivity (Wildman–Crippen MR) is 67.2 cm³/mol. The first-order chi connectivity index (χ1) is 7.74. The molecule has 1 aromatic rings. The van der Waals surface area contributed by atoms with E-state index in [-0.39, 0.29) is 6.04 Å². The number of ether oxygens (including phenoxy) is 1. The Morgan fingerprint density at radius 1 is 1.44 bits per heavy atom. The predicted octanol–water partition coefficient (Wildman–Crippen LogP) is 1.83. The van der Waals surface area contributed by atoms with Crippen LogP contribution in [0.3, 0.4) is 0 Å². The number of benzene rings is 1. The second-order valence-corrected chi connectivity index (χ2v) is 4.04. The zero-order valence-electron chi connectivity index (χ0n) is 10.2. The molecule has 3 N–H and O–H groups in total. The summed E-state index contributed by atoms with van der Waals surface area (Å²) in [7, 11) is 1.95. The number of nitrogens with two attached hydrogens (primary N) is 1. The number of hydrogen-bond donors (Lipinski definition) is 2. The fraction of sp³-hybridized carbons (Fsp3) is 0.538. The van der Waals surface area contributed by atoms with Crippen molar-refractivity contribution in [3.63, 3.8) is 0 Å². The second-order valence-electron chi connectivity index (χ2n) is 4.04. The monoisotopic (exact) mass is 222 g/mol. The van der Waals surface area contributed by atoms with Gasteiger partial charge in [0.05, 0.1) is 6.61 Å². The molecule has 1 rings (SSSR count). The van der Waals surface area contributed by atoms with Crippen LogP contribution in [0.5, 0.6) is 0 Å². The van der Waals surface area contributed by atoms with Gasteiger partial charge >= 0.3 is 0 Å². The third-order valence-corrected chi connectivity index (χ3v) is 2.46. The molecular formula is C13H22N2O. The maximum atomic E-state index is 5.83.